The molecule has 0 saturated heterocycles. The van der Waals surface area contributed by atoms with E-state index in [9.17, 15) is 0 Å². The molecule has 0 aromatic carbocycles. The predicted octanol–water partition coefficient (Wildman–Crippen LogP) is 4.75. The number of nitrogens with two attached hydrogens (primary N) is 1. The molecule has 2 rings (SSSR count). The Morgan fingerprint density at radius 1 is 0.944 bits per heavy atom. The van der Waals surface area contributed by atoms with Crippen molar-refractivity contribution in [1.29, 1.82) is 0 Å². The van der Waals surface area contributed by atoms with Gasteiger partial charge in [0.25, 0.3) is 0 Å². The van der Waals surface area contributed by atoms with Gasteiger partial charge in [-0.15, -0.1) is 0 Å². The summed E-state index contributed by atoms with van der Waals surface area (Å²) in [7, 11) is 0. The van der Waals surface area contributed by atoms with Crippen molar-refractivity contribution in [3.63, 3.8) is 0 Å². The van der Waals surface area contributed by atoms with Crippen molar-refractivity contribution in [3.8, 4) is 0 Å². The predicted molar refractivity (Wildman–Crippen MR) is 79.5 cm³/mol. The molecule has 2 N–H and O–H groups in total. The van der Waals surface area contributed by atoms with E-state index in [4.69, 9.17) is 5.73 Å². The molecule has 0 heterocycles. The maximum absolute atomic E-state index is 6.46. The van der Waals surface area contributed by atoms with Crippen LogP contribution in [0.25, 0.3) is 0 Å². The lowest BCUT2D eigenvalue weighted by molar-refractivity contribution is 0.115. The third-order valence-electron chi connectivity index (χ3n) is 5.50. The van der Waals surface area contributed by atoms with E-state index in [0.29, 0.717) is 6.04 Å². The van der Waals surface area contributed by atoms with Gasteiger partial charge < -0.3 is 5.73 Å². The van der Waals surface area contributed by atoms with Crippen LogP contribution in [0.5, 0.6) is 0 Å². The minimum Gasteiger partial charge on any atom is -0.327 e. The summed E-state index contributed by atoms with van der Waals surface area (Å²) in [6, 6.07) is 0.492. The van der Waals surface area contributed by atoms with Crippen molar-refractivity contribution in [3.05, 3.63) is 0 Å². The highest BCUT2D eigenvalue weighted by atomic mass is 14.7. The van der Waals surface area contributed by atoms with Crippen LogP contribution < -0.4 is 5.73 Å². The molecule has 2 aliphatic carbocycles. The van der Waals surface area contributed by atoms with E-state index < -0.39 is 0 Å². The van der Waals surface area contributed by atoms with Crippen LogP contribution in [0, 0.1) is 23.7 Å². The second-order valence-corrected chi connectivity index (χ2v) is 7.37. The van der Waals surface area contributed by atoms with Crippen molar-refractivity contribution in [2.75, 3.05) is 0 Å². The average Bonchev–Trinajstić information content (AvgIpc) is 2.37. The number of rotatable bonds is 5. The molecule has 0 aromatic heterocycles. The van der Waals surface area contributed by atoms with Gasteiger partial charge in [0.15, 0.2) is 0 Å². The van der Waals surface area contributed by atoms with E-state index in [1.54, 1.807) is 0 Å². The summed E-state index contributed by atoms with van der Waals surface area (Å²) in [5.74, 6) is 3.79. The zero-order valence-corrected chi connectivity index (χ0v) is 12.5. The van der Waals surface area contributed by atoms with Crippen LogP contribution in [-0.2, 0) is 0 Å². The number of fused-ring (bicyclic) bond motifs is 1. The summed E-state index contributed by atoms with van der Waals surface area (Å²) in [5.41, 5.74) is 6.46. The fraction of sp³-hybridized carbons (Fsp3) is 1.00. The van der Waals surface area contributed by atoms with Crippen molar-refractivity contribution >= 4 is 0 Å². The summed E-state index contributed by atoms with van der Waals surface area (Å²) in [6.07, 6.45) is 14.3. The van der Waals surface area contributed by atoms with Crippen molar-refractivity contribution in [2.24, 2.45) is 29.4 Å². The smallest absolute Gasteiger partial charge is 0.00672 e. The second-order valence-electron chi connectivity index (χ2n) is 7.37. The van der Waals surface area contributed by atoms with E-state index in [-0.39, 0.29) is 0 Å². The first-order valence-electron chi connectivity index (χ1n) is 8.42. The first-order chi connectivity index (χ1) is 8.66. The molecule has 2 aliphatic rings. The normalized spacial score (nSPS) is 34.3. The van der Waals surface area contributed by atoms with Crippen LogP contribution in [0.15, 0.2) is 0 Å². The summed E-state index contributed by atoms with van der Waals surface area (Å²) >= 11 is 0. The molecule has 4 unspecified atom stereocenters. The van der Waals surface area contributed by atoms with Crippen LogP contribution in [0.3, 0.4) is 0 Å². The maximum atomic E-state index is 6.46. The molecule has 106 valence electrons. The lowest BCUT2D eigenvalue weighted by atomic mass is 9.66. The minimum atomic E-state index is 0.492. The van der Waals surface area contributed by atoms with Crippen molar-refractivity contribution in [2.45, 2.75) is 84.1 Å². The summed E-state index contributed by atoms with van der Waals surface area (Å²) < 4.78 is 0. The molecular weight excluding hydrogens is 218 g/mol. The number of hydrogen-bond acceptors (Lipinski definition) is 1. The Hall–Kier alpha value is -0.0400. The molecule has 0 aliphatic heterocycles. The first kappa shape index (κ1) is 14.4. The molecule has 2 fully saturated rings. The maximum Gasteiger partial charge on any atom is 0.00672 e. The molecule has 0 amide bonds. The highest BCUT2D eigenvalue weighted by molar-refractivity contribution is 4.87. The topological polar surface area (TPSA) is 26.0 Å². The molecule has 1 heteroatoms. The van der Waals surface area contributed by atoms with Crippen LogP contribution in [0.4, 0.5) is 0 Å². The molecule has 0 aromatic rings. The molecule has 0 bridgehead atoms. The summed E-state index contributed by atoms with van der Waals surface area (Å²) in [6.45, 7) is 4.64. The lowest BCUT2D eigenvalue weighted by Crippen LogP contribution is -2.37. The Morgan fingerprint density at radius 2 is 1.67 bits per heavy atom. The van der Waals surface area contributed by atoms with Gasteiger partial charge in [-0.2, -0.15) is 0 Å². The summed E-state index contributed by atoms with van der Waals surface area (Å²) in [4.78, 5) is 0. The fourth-order valence-electron chi connectivity index (χ4n) is 4.30. The highest BCUT2D eigenvalue weighted by Crippen LogP contribution is 2.43. The monoisotopic (exact) mass is 251 g/mol. The Labute approximate surface area is 114 Å². The van der Waals surface area contributed by atoms with Crippen molar-refractivity contribution in [1.82, 2.24) is 0 Å². The third-order valence-corrected chi connectivity index (χ3v) is 5.50. The fourth-order valence-corrected chi connectivity index (χ4v) is 4.30. The minimum absolute atomic E-state index is 0.492. The highest BCUT2D eigenvalue weighted by Gasteiger charge is 2.34. The van der Waals surface area contributed by atoms with Gasteiger partial charge in [0.1, 0.15) is 0 Å². The van der Waals surface area contributed by atoms with Gasteiger partial charge in [-0.1, -0.05) is 52.4 Å². The molecule has 1 nitrogen and oxygen atoms in total. The van der Waals surface area contributed by atoms with Crippen molar-refractivity contribution < 1.29 is 0 Å². The second kappa shape index (κ2) is 6.93. The third kappa shape index (κ3) is 3.98. The Bertz CT molecular complexity index is 236. The zero-order valence-electron chi connectivity index (χ0n) is 12.5. The number of hydrogen-bond donors (Lipinski definition) is 1. The Kier molecular flexibility index (Phi) is 5.54. The van der Waals surface area contributed by atoms with E-state index in [2.05, 4.69) is 13.8 Å². The van der Waals surface area contributed by atoms with Crippen LogP contribution in [-0.4, -0.2) is 6.04 Å². The molecule has 2 saturated carbocycles. The van der Waals surface area contributed by atoms with E-state index in [0.717, 1.165) is 23.7 Å². The van der Waals surface area contributed by atoms with Crippen LogP contribution >= 0.6 is 0 Å². The zero-order chi connectivity index (χ0) is 13.0. The molecular formula is C17H33N. The van der Waals surface area contributed by atoms with E-state index in [1.165, 1.54) is 64.2 Å². The Balaban J connectivity index is 1.72. The molecule has 4 atom stereocenters. The van der Waals surface area contributed by atoms with E-state index >= 15 is 0 Å². The van der Waals surface area contributed by atoms with Gasteiger partial charge in [0, 0.05) is 6.04 Å². The van der Waals surface area contributed by atoms with Crippen LogP contribution in [0.2, 0.25) is 0 Å². The van der Waals surface area contributed by atoms with Gasteiger partial charge in [0.05, 0.1) is 0 Å². The summed E-state index contributed by atoms with van der Waals surface area (Å²) in [5, 5.41) is 0. The Morgan fingerprint density at radius 3 is 2.39 bits per heavy atom. The quantitative estimate of drug-likeness (QED) is 0.750. The van der Waals surface area contributed by atoms with Gasteiger partial charge in [-0.25, -0.2) is 0 Å². The van der Waals surface area contributed by atoms with Crippen LogP contribution in [0.1, 0.15) is 78.1 Å². The van der Waals surface area contributed by atoms with Gasteiger partial charge in [-0.3, -0.25) is 0 Å². The SMILES string of the molecule is CC(C)CCCC(N)C1CCC2CCCCC2C1. The first-order valence-corrected chi connectivity index (χ1v) is 8.42. The molecule has 0 spiro atoms. The largest absolute Gasteiger partial charge is 0.327 e. The molecule has 18 heavy (non-hydrogen) atoms. The standard InChI is InChI=1S/C17H33N/c1-13(2)6-5-9-17(18)16-11-10-14-7-3-4-8-15(14)12-16/h13-17H,3-12,18H2,1-2H3. The van der Waals surface area contributed by atoms with Gasteiger partial charge >= 0.3 is 0 Å². The molecule has 0 radical (unpaired) electrons. The average molecular weight is 251 g/mol. The van der Waals surface area contributed by atoms with Gasteiger partial charge in [-0.05, 0) is 49.4 Å². The lowest BCUT2D eigenvalue weighted by Gasteiger charge is -2.41. The van der Waals surface area contributed by atoms with E-state index in [1.807, 2.05) is 0 Å². The van der Waals surface area contributed by atoms with Gasteiger partial charge in [0.2, 0.25) is 0 Å².